The lowest BCUT2D eigenvalue weighted by Crippen LogP contribution is -2.23. The summed E-state index contributed by atoms with van der Waals surface area (Å²) in [5.41, 5.74) is 0.603. The summed E-state index contributed by atoms with van der Waals surface area (Å²) >= 11 is 0. The third kappa shape index (κ3) is 3.89. The van der Waals surface area contributed by atoms with Crippen molar-refractivity contribution in [1.29, 1.82) is 0 Å². The Bertz CT molecular complexity index is 326. The van der Waals surface area contributed by atoms with E-state index in [1.54, 1.807) is 6.07 Å². The molecule has 0 amide bonds. The Kier molecular flexibility index (Phi) is 5.39. The minimum Gasteiger partial charge on any atom is -0.317 e. The van der Waals surface area contributed by atoms with Crippen LogP contribution in [0.4, 0.5) is 8.78 Å². The maximum atomic E-state index is 13.4. The summed E-state index contributed by atoms with van der Waals surface area (Å²) in [5, 5.41) is 3.25. The van der Waals surface area contributed by atoms with Crippen molar-refractivity contribution in [2.45, 2.75) is 26.7 Å². The monoisotopic (exact) mass is 227 g/mol. The summed E-state index contributed by atoms with van der Waals surface area (Å²) in [7, 11) is 0. The largest absolute Gasteiger partial charge is 0.317 e. The van der Waals surface area contributed by atoms with Crippen LogP contribution in [0.25, 0.3) is 0 Å². The van der Waals surface area contributed by atoms with Gasteiger partial charge in [-0.05, 0) is 37.1 Å². The van der Waals surface area contributed by atoms with Gasteiger partial charge in [-0.15, -0.1) is 0 Å². The van der Waals surface area contributed by atoms with Crippen LogP contribution in [-0.4, -0.2) is 13.1 Å². The molecule has 0 saturated heterocycles. The number of benzene rings is 1. The minimum absolute atomic E-state index is 0.403. The molecule has 0 fully saturated rings. The van der Waals surface area contributed by atoms with Crippen LogP contribution in [0, 0.1) is 17.6 Å². The second-order valence-corrected chi connectivity index (χ2v) is 4.02. The molecule has 0 saturated carbocycles. The predicted molar refractivity (Wildman–Crippen MR) is 62.4 cm³/mol. The van der Waals surface area contributed by atoms with Crippen molar-refractivity contribution in [3.05, 3.63) is 35.4 Å². The second-order valence-electron chi connectivity index (χ2n) is 4.02. The fraction of sp³-hybridized carbons (Fsp3) is 0.538. The smallest absolute Gasteiger partial charge is 0.129 e. The lowest BCUT2D eigenvalue weighted by atomic mass is 9.96. The third-order valence-electron chi connectivity index (χ3n) is 2.78. The molecule has 90 valence electrons. The molecule has 1 aromatic rings. The van der Waals surface area contributed by atoms with Crippen molar-refractivity contribution in [1.82, 2.24) is 5.32 Å². The highest BCUT2D eigenvalue weighted by atomic mass is 19.1. The van der Waals surface area contributed by atoms with Gasteiger partial charge in [0, 0.05) is 6.07 Å². The Morgan fingerprint density at radius 1 is 1.25 bits per heavy atom. The molecular formula is C13H19F2N. The van der Waals surface area contributed by atoms with Gasteiger partial charge in [-0.25, -0.2) is 8.78 Å². The number of nitrogens with one attached hydrogen (secondary N) is 1. The molecule has 1 atom stereocenters. The zero-order chi connectivity index (χ0) is 12.0. The topological polar surface area (TPSA) is 12.0 Å². The molecule has 0 radical (unpaired) electrons. The molecule has 0 bridgehead atoms. The van der Waals surface area contributed by atoms with Gasteiger partial charge >= 0.3 is 0 Å². The summed E-state index contributed by atoms with van der Waals surface area (Å²) in [5.74, 6) is -0.546. The molecule has 1 N–H and O–H groups in total. The first-order valence-corrected chi connectivity index (χ1v) is 5.82. The van der Waals surface area contributed by atoms with E-state index < -0.39 is 11.6 Å². The molecule has 1 rings (SSSR count). The van der Waals surface area contributed by atoms with Crippen molar-refractivity contribution in [3.8, 4) is 0 Å². The summed E-state index contributed by atoms with van der Waals surface area (Å²) in [6, 6.07) is 3.81. The van der Waals surface area contributed by atoms with Gasteiger partial charge in [-0.2, -0.15) is 0 Å². The van der Waals surface area contributed by atoms with Gasteiger partial charge in [0.25, 0.3) is 0 Å². The second kappa shape index (κ2) is 6.59. The molecule has 0 heterocycles. The van der Waals surface area contributed by atoms with Gasteiger partial charge < -0.3 is 5.32 Å². The van der Waals surface area contributed by atoms with Crippen molar-refractivity contribution in [2.24, 2.45) is 5.92 Å². The maximum Gasteiger partial charge on any atom is 0.129 e. The first-order chi connectivity index (χ1) is 7.67. The van der Waals surface area contributed by atoms with E-state index in [2.05, 4.69) is 12.2 Å². The first-order valence-electron chi connectivity index (χ1n) is 5.82. The van der Waals surface area contributed by atoms with Crippen LogP contribution in [0.1, 0.15) is 25.8 Å². The van der Waals surface area contributed by atoms with E-state index in [0.717, 1.165) is 25.6 Å². The molecule has 0 aliphatic carbocycles. The van der Waals surface area contributed by atoms with Gasteiger partial charge in [0.1, 0.15) is 11.6 Å². The highest BCUT2D eigenvalue weighted by molar-refractivity contribution is 5.19. The third-order valence-corrected chi connectivity index (χ3v) is 2.78. The Morgan fingerprint density at radius 2 is 2.00 bits per heavy atom. The number of rotatable bonds is 6. The lowest BCUT2D eigenvalue weighted by Gasteiger charge is -2.15. The van der Waals surface area contributed by atoms with Gasteiger partial charge in [-0.3, -0.25) is 0 Å². The van der Waals surface area contributed by atoms with E-state index in [9.17, 15) is 8.78 Å². The maximum absolute atomic E-state index is 13.4. The molecule has 1 unspecified atom stereocenters. The zero-order valence-electron chi connectivity index (χ0n) is 9.89. The predicted octanol–water partition coefficient (Wildman–Crippen LogP) is 3.14. The van der Waals surface area contributed by atoms with Crippen LogP contribution in [0.2, 0.25) is 0 Å². The van der Waals surface area contributed by atoms with Crippen molar-refractivity contribution < 1.29 is 8.78 Å². The minimum atomic E-state index is -0.513. The van der Waals surface area contributed by atoms with E-state index in [-0.39, 0.29) is 0 Å². The van der Waals surface area contributed by atoms with Crippen LogP contribution in [-0.2, 0) is 6.42 Å². The SMILES string of the molecule is CCNCC(CC)Cc1ccc(F)cc1F. The standard InChI is InChI=1S/C13H19F2N/c1-3-10(9-16-4-2)7-11-5-6-12(14)8-13(11)15/h5-6,8,10,16H,3-4,7,9H2,1-2H3. The average Bonchev–Trinajstić information content (AvgIpc) is 2.27. The molecule has 0 aromatic heterocycles. The van der Waals surface area contributed by atoms with Crippen LogP contribution >= 0.6 is 0 Å². The molecule has 0 spiro atoms. The molecule has 16 heavy (non-hydrogen) atoms. The Hall–Kier alpha value is -0.960. The normalized spacial score (nSPS) is 12.8. The molecular weight excluding hydrogens is 208 g/mol. The van der Waals surface area contributed by atoms with Gasteiger partial charge in [0.05, 0.1) is 0 Å². The zero-order valence-corrected chi connectivity index (χ0v) is 9.89. The Labute approximate surface area is 95.9 Å². The molecule has 3 heteroatoms. The molecule has 1 aromatic carbocycles. The average molecular weight is 227 g/mol. The Morgan fingerprint density at radius 3 is 2.56 bits per heavy atom. The van der Waals surface area contributed by atoms with Crippen molar-refractivity contribution in [2.75, 3.05) is 13.1 Å². The molecule has 1 nitrogen and oxygen atoms in total. The Balaban J connectivity index is 2.62. The lowest BCUT2D eigenvalue weighted by molar-refractivity contribution is 0.455. The number of hydrogen-bond donors (Lipinski definition) is 1. The van der Waals surface area contributed by atoms with Crippen LogP contribution in [0.5, 0.6) is 0 Å². The van der Waals surface area contributed by atoms with E-state index >= 15 is 0 Å². The van der Waals surface area contributed by atoms with Gasteiger partial charge in [0.2, 0.25) is 0 Å². The van der Waals surface area contributed by atoms with E-state index in [1.807, 2.05) is 6.92 Å². The van der Waals surface area contributed by atoms with Crippen LogP contribution < -0.4 is 5.32 Å². The fourth-order valence-corrected chi connectivity index (χ4v) is 1.71. The highest BCUT2D eigenvalue weighted by Crippen LogP contribution is 2.16. The number of hydrogen-bond acceptors (Lipinski definition) is 1. The summed E-state index contributed by atoms with van der Waals surface area (Å²) < 4.78 is 26.1. The van der Waals surface area contributed by atoms with Crippen LogP contribution in [0.3, 0.4) is 0 Å². The van der Waals surface area contributed by atoms with Gasteiger partial charge in [0.15, 0.2) is 0 Å². The van der Waals surface area contributed by atoms with E-state index in [1.165, 1.54) is 6.07 Å². The molecule has 0 aliphatic rings. The fourth-order valence-electron chi connectivity index (χ4n) is 1.71. The highest BCUT2D eigenvalue weighted by Gasteiger charge is 2.10. The summed E-state index contributed by atoms with van der Waals surface area (Å²) in [6.07, 6.45) is 1.65. The van der Waals surface area contributed by atoms with E-state index in [0.29, 0.717) is 17.9 Å². The van der Waals surface area contributed by atoms with E-state index in [4.69, 9.17) is 0 Å². The summed E-state index contributed by atoms with van der Waals surface area (Å²) in [6.45, 7) is 5.93. The van der Waals surface area contributed by atoms with Crippen LogP contribution in [0.15, 0.2) is 18.2 Å². The van der Waals surface area contributed by atoms with Crippen molar-refractivity contribution >= 4 is 0 Å². The first kappa shape index (κ1) is 13.1. The number of halogens is 2. The summed E-state index contributed by atoms with van der Waals surface area (Å²) in [4.78, 5) is 0. The molecule has 0 aliphatic heterocycles. The van der Waals surface area contributed by atoms with Crippen molar-refractivity contribution in [3.63, 3.8) is 0 Å². The van der Waals surface area contributed by atoms with Gasteiger partial charge in [-0.1, -0.05) is 26.3 Å². The quantitative estimate of drug-likeness (QED) is 0.787.